The Hall–Kier alpha value is -4.38. The molecule has 172 valence electrons. The zero-order valence-corrected chi connectivity index (χ0v) is 18.7. The van der Waals surface area contributed by atoms with E-state index in [0.717, 1.165) is 17.7 Å². The second kappa shape index (κ2) is 8.87. The van der Waals surface area contributed by atoms with Crippen molar-refractivity contribution in [2.45, 2.75) is 23.3 Å². The average molecular weight is 478 g/mol. The van der Waals surface area contributed by atoms with Crippen molar-refractivity contribution in [2.24, 2.45) is 0 Å². The quantitative estimate of drug-likeness (QED) is 0.331. The van der Waals surface area contributed by atoms with Crippen molar-refractivity contribution in [1.29, 1.82) is 0 Å². The highest BCUT2D eigenvalue weighted by molar-refractivity contribution is 7.91. The fraction of sp³-hybridized carbons (Fsp3) is 0.0870. The number of fused-ring (bicyclic) bond motifs is 1. The van der Waals surface area contributed by atoms with Crippen molar-refractivity contribution in [1.82, 2.24) is 9.55 Å². The minimum Gasteiger partial charge on any atom is -0.325 e. The van der Waals surface area contributed by atoms with Crippen LogP contribution in [-0.4, -0.2) is 28.8 Å². The van der Waals surface area contributed by atoms with Gasteiger partial charge in [-0.3, -0.25) is 24.3 Å². The molecule has 3 aromatic carbocycles. The summed E-state index contributed by atoms with van der Waals surface area (Å²) in [6.45, 7) is 1.58. The molecule has 4 rings (SSSR count). The third kappa shape index (κ3) is 4.41. The van der Waals surface area contributed by atoms with E-state index in [1.54, 1.807) is 12.1 Å². The molecule has 0 aliphatic rings. The zero-order chi connectivity index (χ0) is 24.5. The van der Waals surface area contributed by atoms with Gasteiger partial charge in [-0.05, 0) is 55.0 Å². The standard InChI is InChI=1S/C23H18N4O6S/c1-15-3-2-4-20-22(15)24-14-26(23(20)29)13-21(28)25-16-5-9-18(10-6-16)34(32,33)19-11-7-17(8-12-19)27(30)31/h2-12,14H,13H2,1H3,(H,25,28). The first-order valence-corrected chi connectivity index (χ1v) is 11.5. The van der Waals surface area contributed by atoms with Crippen LogP contribution in [0.25, 0.3) is 10.9 Å². The lowest BCUT2D eigenvalue weighted by Crippen LogP contribution is -2.28. The van der Waals surface area contributed by atoms with Gasteiger partial charge < -0.3 is 5.32 Å². The van der Waals surface area contributed by atoms with Crippen LogP contribution in [0.5, 0.6) is 0 Å². The van der Waals surface area contributed by atoms with Gasteiger partial charge in [0.15, 0.2) is 0 Å². The molecule has 0 saturated heterocycles. The number of nitrogens with zero attached hydrogens (tertiary/aromatic N) is 3. The van der Waals surface area contributed by atoms with Crippen LogP contribution in [-0.2, 0) is 21.2 Å². The Kier molecular flexibility index (Phi) is 5.95. The van der Waals surface area contributed by atoms with E-state index in [1.165, 1.54) is 47.3 Å². The van der Waals surface area contributed by atoms with Crippen LogP contribution in [0.4, 0.5) is 11.4 Å². The van der Waals surface area contributed by atoms with E-state index in [1.807, 2.05) is 13.0 Å². The number of hydrogen-bond acceptors (Lipinski definition) is 7. The van der Waals surface area contributed by atoms with Crippen molar-refractivity contribution in [2.75, 3.05) is 5.32 Å². The van der Waals surface area contributed by atoms with Crippen molar-refractivity contribution < 1.29 is 18.1 Å². The summed E-state index contributed by atoms with van der Waals surface area (Å²) in [5, 5.41) is 13.8. The van der Waals surface area contributed by atoms with E-state index in [0.29, 0.717) is 16.6 Å². The summed E-state index contributed by atoms with van der Waals surface area (Å²) < 4.78 is 26.7. The molecular weight excluding hydrogens is 460 g/mol. The predicted octanol–water partition coefficient (Wildman–Crippen LogP) is 3.08. The summed E-state index contributed by atoms with van der Waals surface area (Å²) in [7, 11) is -3.89. The Morgan fingerprint density at radius 3 is 2.26 bits per heavy atom. The Labute approximate surface area is 193 Å². The highest BCUT2D eigenvalue weighted by Gasteiger charge is 2.19. The first-order chi connectivity index (χ1) is 16.2. The molecule has 0 aliphatic heterocycles. The van der Waals surface area contributed by atoms with Gasteiger partial charge in [-0.1, -0.05) is 12.1 Å². The Morgan fingerprint density at radius 1 is 1.03 bits per heavy atom. The van der Waals surface area contributed by atoms with Crippen LogP contribution in [0.15, 0.2) is 87.6 Å². The van der Waals surface area contributed by atoms with Gasteiger partial charge in [0.1, 0.15) is 6.54 Å². The Morgan fingerprint density at radius 2 is 1.65 bits per heavy atom. The maximum atomic E-state index is 12.8. The molecule has 10 nitrogen and oxygen atoms in total. The Bertz CT molecular complexity index is 1580. The molecule has 0 atom stereocenters. The number of hydrogen-bond donors (Lipinski definition) is 1. The molecule has 4 aromatic rings. The van der Waals surface area contributed by atoms with E-state index in [9.17, 15) is 28.1 Å². The molecule has 0 bridgehead atoms. The van der Waals surface area contributed by atoms with Crippen LogP contribution in [0.1, 0.15) is 5.56 Å². The lowest BCUT2D eigenvalue weighted by Gasteiger charge is -2.10. The van der Waals surface area contributed by atoms with Crippen molar-refractivity contribution in [3.8, 4) is 0 Å². The zero-order valence-electron chi connectivity index (χ0n) is 17.8. The van der Waals surface area contributed by atoms with Gasteiger partial charge in [0, 0.05) is 17.8 Å². The number of aromatic nitrogens is 2. The van der Waals surface area contributed by atoms with Crippen LogP contribution in [0, 0.1) is 17.0 Å². The molecule has 1 N–H and O–H groups in total. The fourth-order valence-corrected chi connectivity index (χ4v) is 4.67. The maximum Gasteiger partial charge on any atom is 0.269 e. The predicted molar refractivity (Wildman–Crippen MR) is 124 cm³/mol. The minimum absolute atomic E-state index is 0.0373. The summed E-state index contributed by atoms with van der Waals surface area (Å²) in [6.07, 6.45) is 1.32. The third-order valence-corrected chi connectivity index (χ3v) is 6.96. The van der Waals surface area contributed by atoms with Gasteiger partial charge in [-0.25, -0.2) is 13.4 Å². The summed E-state index contributed by atoms with van der Waals surface area (Å²) in [5.41, 5.74) is 1.22. The van der Waals surface area contributed by atoms with Gasteiger partial charge in [-0.15, -0.1) is 0 Å². The second-order valence-corrected chi connectivity index (χ2v) is 9.43. The molecule has 0 unspecified atom stereocenters. The van der Waals surface area contributed by atoms with Crippen LogP contribution < -0.4 is 10.9 Å². The Balaban J connectivity index is 1.49. The second-order valence-electron chi connectivity index (χ2n) is 7.48. The lowest BCUT2D eigenvalue weighted by atomic mass is 10.1. The van der Waals surface area contributed by atoms with Crippen molar-refractivity contribution in [3.05, 3.63) is 99.1 Å². The lowest BCUT2D eigenvalue weighted by molar-refractivity contribution is -0.384. The van der Waals surface area contributed by atoms with E-state index < -0.39 is 20.7 Å². The summed E-state index contributed by atoms with van der Waals surface area (Å²) in [4.78, 5) is 39.4. The third-order valence-electron chi connectivity index (χ3n) is 5.18. The number of nitro benzene ring substituents is 1. The summed E-state index contributed by atoms with van der Waals surface area (Å²) >= 11 is 0. The molecule has 0 radical (unpaired) electrons. The first kappa shape index (κ1) is 22.8. The number of nitrogens with one attached hydrogen (secondary N) is 1. The number of rotatable bonds is 6. The van der Waals surface area contributed by atoms with E-state index in [2.05, 4.69) is 10.3 Å². The van der Waals surface area contributed by atoms with Gasteiger partial charge >= 0.3 is 0 Å². The molecule has 11 heteroatoms. The number of nitro groups is 1. The highest BCUT2D eigenvalue weighted by Crippen LogP contribution is 2.24. The van der Waals surface area contributed by atoms with Crippen LogP contribution in [0.3, 0.4) is 0 Å². The topological polar surface area (TPSA) is 141 Å². The molecule has 0 spiro atoms. The van der Waals surface area contributed by atoms with E-state index in [-0.39, 0.29) is 27.6 Å². The first-order valence-electron chi connectivity index (χ1n) is 10.0. The van der Waals surface area contributed by atoms with Gasteiger partial charge in [0.2, 0.25) is 15.7 Å². The number of carbonyl (C=O) groups is 1. The number of non-ortho nitro benzene ring substituents is 1. The van der Waals surface area contributed by atoms with E-state index >= 15 is 0 Å². The van der Waals surface area contributed by atoms with Gasteiger partial charge in [0.25, 0.3) is 11.2 Å². The number of anilines is 1. The number of carbonyl (C=O) groups excluding carboxylic acids is 1. The summed E-state index contributed by atoms with van der Waals surface area (Å²) in [6, 6.07) is 15.3. The normalized spacial score (nSPS) is 11.3. The van der Waals surface area contributed by atoms with Gasteiger partial charge in [-0.2, -0.15) is 0 Å². The number of aryl methyl sites for hydroxylation is 1. The van der Waals surface area contributed by atoms with Crippen molar-refractivity contribution in [3.63, 3.8) is 0 Å². The highest BCUT2D eigenvalue weighted by atomic mass is 32.2. The number of benzene rings is 3. The molecule has 1 aromatic heterocycles. The summed E-state index contributed by atoms with van der Waals surface area (Å²) in [5.74, 6) is -0.484. The molecule has 0 saturated carbocycles. The van der Waals surface area contributed by atoms with Gasteiger partial charge in [0.05, 0.1) is 31.9 Å². The molecule has 34 heavy (non-hydrogen) atoms. The van der Waals surface area contributed by atoms with Crippen molar-refractivity contribution >= 4 is 38.0 Å². The molecule has 0 fully saturated rings. The number of para-hydroxylation sites is 1. The van der Waals surface area contributed by atoms with E-state index in [4.69, 9.17) is 0 Å². The van der Waals surface area contributed by atoms with Crippen LogP contribution >= 0.6 is 0 Å². The average Bonchev–Trinajstić information content (AvgIpc) is 2.81. The maximum absolute atomic E-state index is 12.8. The molecule has 1 amide bonds. The minimum atomic E-state index is -3.89. The number of amides is 1. The largest absolute Gasteiger partial charge is 0.325 e. The molecule has 0 aliphatic carbocycles. The smallest absolute Gasteiger partial charge is 0.269 e. The number of sulfone groups is 1. The fourth-order valence-electron chi connectivity index (χ4n) is 3.41. The monoisotopic (exact) mass is 478 g/mol. The molecule has 1 heterocycles. The van der Waals surface area contributed by atoms with Crippen LogP contribution in [0.2, 0.25) is 0 Å². The molecular formula is C23H18N4O6S. The SMILES string of the molecule is Cc1cccc2c(=O)n(CC(=O)Nc3ccc(S(=O)(=O)c4ccc([N+](=O)[O-])cc4)cc3)cnc12.